The summed E-state index contributed by atoms with van der Waals surface area (Å²) >= 11 is 0. The summed E-state index contributed by atoms with van der Waals surface area (Å²) in [7, 11) is 1.93. The number of nitrogens with zero attached hydrogens (tertiary/aromatic N) is 2. The maximum absolute atomic E-state index is 12.0. The van der Waals surface area contributed by atoms with Crippen LogP contribution in [0.2, 0.25) is 0 Å². The number of hydrogen-bond acceptors (Lipinski definition) is 3. The second-order valence-corrected chi connectivity index (χ2v) is 6.51. The summed E-state index contributed by atoms with van der Waals surface area (Å²) in [6, 6.07) is 9.54. The van der Waals surface area contributed by atoms with Crippen LogP contribution in [-0.4, -0.2) is 41.9 Å². The first-order valence-electron chi connectivity index (χ1n) is 8.91. The minimum atomic E-state index is -0.436. The topological polar surface area (TPSA) is 80.5 Å². The molecular weight excluding hydrogens is 330 g/mol. The van der Waals surface area contributed by atoms with Crippen LogP contribution < -0.4 is 15.5 Å². The van der Waals surface area contributed by atoms with E-state index >= 15 is 0 Å². The molecule has 26 heavy (non-hydrogen) atoms. The molecule has 0 aliphatic rings. The van der Waals surface area contributed by atoms with Crippen molar-refractivity contribution in [2.45, 2.75) is 33.7 Å². The van der Waals surface area contributed by atoms with Crippen molar-refractivity contribution in [3.05, 3.63) is 47.3 Å². The standard InChI is InChI=1S/C19H27N5O2/c1-5-11-20-19(26)21-18(25)13-23(4)12-17-14(2)22-24(15(17)3)16-9-7-6-8-10-16/h6-10H,5,11-13H2,1-4H3,(H2,20,21,25,26)/p+1. The number of urea groups is 1. The van der Waals surface area contributed by atoms with Gasteiger partial charge in [-0.2, -0.15) is 5.10 Å². The van der Waals surface area contributed by atoms with Crippen LogP contribution in [0, 0.1) is 13.8 Å². The number of imide groups is 1. The van der Waals surface area contributed by atoms with Crippen molar-refractivity contribution in [2.24, 2.45) is 0 Å². The third kappa shape index (κ3) is 5.16. The number of benzene rings is 1. The molecule has 0 bridgehead atoms. The molecule has 0 aliphatic heterocycles. The van der Waals surface area contributed by atoms with Crippen molar-refractivity contribution in [3.63, 3.8) is 0 Å². The lowest BCUT2D eigenvalue weighted by molar-refractivity contribution is -0.885. The Morgan fingerprint density at radius 1 is 1.19 bits per heavy atom. The van der Waals surface area contributed by atoms with Gasteiger partial charge in [0.1, 0.15) is 6.54 Å². The zero-order chi connectivity index (χ0) is 19.1. The van der Waals surface area contributed by atoms with Crippen molar-refractivity contribution in [1.82, 2.24) is 20.4 Å². The van der Waals surface area contributed by atoms with Gasteiger partial charge in [-0.25, -0.2) is 9.48 Å². The van der Waals surface area contributed by atoms with E-state index in [1.165, 1.54) is 0 Å². The van der Waals surface area contributed by atoms with E-state index in [2.05, 4.69) is 15.7 Å². The second kappa shape index (κ2) is 9.15. The Morgan fingerprint density at radius 3 is 2.54 bits per heavy atom. The van der Waals surface area contributed by atoms with Crippen molar-refractivity contribution in [2.75, 3.05) is 20.1 Å². The average molecular weight is 358 g/mol. The lowest BCUT2D eigenvalue weighted by atomic mass is 10.2. The SMILES string of the molecule is CCCNC(=O)NC(=O)C[NH+](C)Cc1c(C)nn(-c2ccccc2)c1C. The third-order valence-corrected chi connectivity index (χ3v) is 4.17. The highest BCUT2D eigenvalue weighted by Crippen LogP contribution is 2.16. The summed E-state index contributed by atoms with van der Waals surface area (Å²) in [6.07, 6.45) is 0.830. The molecule has 2 rings (SSSR count). The predicted molar refractivity (Wildman–Crippen MR) is 100 cm³/mol. The first-order valence-corrected chi connectivity index (χ1v) is 8.91. The number of aromatic nitrogens is 2. The van der Waals surface area contributed by atoms with Crippen LogP contribution in [0.4, 0.5) is 4.79 Å². The Balaban J connectivity index is 1.99. The highest BCUT2D eigenvalue weighted by atomic mass is 16.2. The van der Waals surface area contributed by atoms with Gasteiger partial charge in [-0.05, 0) is 32.4 Å². The largest absolute Gasteiger partial charge is 0.338 e. The summed E-state index contributed by atoms with van der Waals surface area (Å²) in [5.74, 6) is -0.290. The second-order valence-electron chi connectivity index (χ2n) is 6.51. The van der Waals surface area contributed by atoms with E-state index in [-0.39, 0.29) is 12.5 Å². The van der Waals surface area contributed by atoms with Crippen LogP contribution in [0.25, 0.3) is 5.69 Å². The lowest BCUT2D eigenvalue weighted by Gasteiger charge is -2.14. The van der Waals surface area contributed by atoms with Crippen LogP contribution >= 0.6 is 0 Å². The number of carbonyl (C=O) groups is 2. The molecule has 0 aliphatic carbocycles. The van der Waals surface area contributed by atoms with Gasteiger partial charge in [-0.1, -0.05) is 25.1 Å². The highest BCUT2D eigenvalue weighted by Gasteiger charge is 2.19. The number of quaternary nitrogens is 1. The van der Waals surface area contributed by atoms with Crippen LogP contribution in [-0.2, 0) is 11.3 Å². The molecule has 1 aromatic carbocycles. The van der Waals surface area contributed by atoms with Gasteiger partial charge >= 0.3 is 6.03 Å². The molecule has 2 aromatic rings. The van der Waals surface area contributed by atoms with Crippen LogP contribution in [0.5, 0.6) is 0 Å². The molecule has 7 heteroatoms. The zero-order valence-corrected chi connectivity index (χ0v) is 15.9. The van der Waals surface area contributed by atoms with Gasteiger partial charge in [0.2, 0.25) is 0 Å². The smallest absolute Gasteiger partial charge is 0.321 e. The molecule has 0 saturated carbocycles. The van der Waals surface area contributed by atoms with Crippen molar-refractivity contribution in [1.29, 1.82) is 0 Å². The van der Waals surface area contributed by atoms with E-state index < -0.39 is 6.03 Å². The molecule has 0 radical (unpaired) electrons. The number of rotatable bonds is 7. The quantitative estimate of drug-likeness (QED) is 0.683. The Hall–Kier alpha value is -2.67. The maximum Gasteiger partial charge on any atom is 0.321 e. The molecule has 1 unspecified atom stereocenters. The molecule has 0 fully saturated rings. The minimum Gasteiger partial charge on any atom is -0.338 e. The average Bonchev–Trinajstić information content (AvgIpc) is 2.88. The molecule has 140 valence electrons. The first kappa shape index (κ1) is 19.7. The van der Waals surface area contributed by atoms with Crippen molar-refractivity contribution >= 4 is 11.9 Å². The van der Waals surface area contributed by atoms with Crippen LogP contribution in [0.1, 0.15) is 30.3 Å². The number of nitrogens with one attached hydrogen (secondary N) is 3. The Labute approximate surface area is 154 Å². The van der Waals surface area contributed by atoms with Crippen molar-refractivity contribution < 1.29 is 14.5 Å². The number of likely N-dealkylation sites (N-methyl/N-ethyl adjacent to an activating group) is 1. The van der Waals surface area contributed by atoms with Gasteiger partial charge in [0.25, 0.3) is 5.91 Å². The van der Waals surface area contributed by atoms with Gasteiger partial charge in [0.15, 0.2) is 6.54 Å². The zero-order valence-electron chi connectivity index (χ0n) is 15.9. The molecule has 1 heterocycles. The molecule has 0 saturated heterocycles. The molecule has 0 spiro atoms. The molecule has 1 aromatic heterocycles. The lowest BCUT2D eigenvalue weighted by Crippen LogP contribution is -3.09. The summed E-state index contributed by atoms with van der Waals surface area (Å²) in [6.45, 7) is 7.41. The maximum atomic E-state index is 12.0. The summed E-state index contributed by atoms with van der Waals surface area (Å²) in [5, 5.41) is 9.63. The van der Waals surface area contributed by atoms with Gasteiger partial charge in [-0.15, -0.1) is 0 Å². The third-order valence-electron chi connectivity index (χ3n) is 4.17. The van der Waals surface area contributed by atoms with E-state index in [1.807, 2.05) is 62.8 Å². The number of aryl methyl sites for hydroxylation is 1. The molecule has 1 atom stereocenters. The van der Waals surface area contributed by atoms with E-state index in [0.29, 0.717) is 13.1 Å². The van der Waals surface area contributed by atoms with E-state index in [4.69, 9.17) is 0 Å². The van der Waals surface area contributed by atoms with Crippen molar-refractivity contribution in [3.8, 4) is 5.69 Å². The summed E-state index contributed by atoms with van der Waals surface area (Å²) in [4.78, 5) is 24.5. The molecule has 7 nitrogen and oxygen atoms in total. The summed E-state index contributed by atoms with van der Waals surface area (Å²) < 4.78 is 1.93. The van der Waals surface area contributed by atoms with E-state index in [0.717, 1.165) is 34.0 Å². The van der Waals surface area contributed by atoms with Gasteiger partial charge in [0, 0.05) is 6.54 Å². The number of para-hydroxylation sites is 1. The predicted octanol–water partition coefficient (Wildman–Crippen LogP) is 0.740. The number of amides is 3. The molecule has 3 amide bonds. The molecule has 3 N–H and O–H groups in total. The Kier molecular flexibility index (Phi) is 6.91. The fourth-order valence-electron chi connectivity index (χ4n) is 2.84. The van der Waals surface area contributed by atoms with Gasteiger partial charge in [0.05, 0.1) is 29.7 Å². The Bertz CT molecular complexity index is 755. The van der Waals surface area contributed by atoms with E-state index in [1.54, 1.807) is 0 Å². The first-order chi connectivity index (χ1) is 12.4. The number of hydrogen-bond donors (Lipinski definition) is 3. The van der Waals surface area contributed by atoms with Gasteiger partial charge < -0.3 is 10.2 Å². The van der Waals surface area contributed by atoms with Crippen LogP contribution in [0.15, 0.2) is 30.3 Å². The van der Waals surface area contributed by atoms with E-state index in [9.17, 15) is 9.59 Å². The van der Waals surface area contributed by atoms with Crippen LogP contribution in [0.3, 0.4) is 0 Å². The highest BCUT2D eigenvalue weighted by molar-refractivity contribution is 5.94. The normalized spacial score (nSPS) is 11.8. The van der Waals surface area contributed by atoms with Gasteiger partial charge in [-0.3, -0.25) is 10.1 Å². The monoisotopic (exact) mass is 358 g/mol. The molecular formula is C19H28N5O2+. The fraction of sp³-hybridized carbons (Fsp3) is 0.421. The summed E-state index contributed by atoms with van der Waals surface area (Å²) in [5.41, 5.74) is 4.15. The Morgan fingerprint density at radius 2 is 1.88 bits per heavy atom. The number of carbonyl (C=O) groups excluding carboxylic acids is 2. The fourth-order valence-corrected chi connectivity index (χ4v) is 2.84. The minimum absolute atomic E-state index is 0.217.